The van der Waals surface area contributed by atoms with E-state index in [-0.39, 0.29) is 12.0 Å². The van der Waals surface area contributed by atoms with Crippen molar-refractivity contribution in [1.29, 1.82) is 0 Å². The zero-order chi connectivity index (χ0) is 18.3. The van der Waals surface area contributed by atoms with Crippen LogP contribution in [0.1, 0.15) is 42.0 Å². The van der Waals surface area contributed by atoms with Gasteiger partial charge in [0.05, 0.1) is 13.2 Å². The van der Waals surface area contributed by atoms with Gasteiger partial charge < -0.3 is 20.5 Å². The summed E-state index contributed by atoms with van der Waals surface area (Å²) in [4.78, 5) is 4.78. The average molecular weight is 348 g/mol. The van der Waals surface area contributed by atoms with E-state index >= 15 is 0 Å². The van der Waals surface area contributed by atoms with E-state index in [4.69, 9.17) is 9.73 Å². The molecule has 0 aromatic heterocycles. The third-order valence-electron chi connectivity index (χ3n) is 5.04. The summed E-state index contributed by atoms with van der Waals surface area (Å²) in [6, 6.07) is 4.43. The highest BCUT2D eigenvalue weighted by atomic mass is 16.5. The van der Waals surface area contributed by atoms with Crippen molar-refractivity contribution in [3.63, 3.8) is 0 Å². The molecule has 0 radical (unpaired) electrons. The van der Waals surface area contributed by atoms with E-state index in [1.54, 1.807) is 0 Å². The van der Waals surface area contributed by atoms with Crippen molar-refractivity contribution in [1.82, 2.24) is 10.6 Å². The largest absolute Gasteiger partial charge is 0.396 e. The molecule has 5 nitrogen and oxygen atoms in total. The summed E-state index contributed by atoms with van der Waals surface area (Å²) in [6.45, 7) is 12.4. The van der Waals surface area contributed by atoms with Crippen LogP contribution in [-0.2, 0) is 11.3 Å². The number of aryl methyl sites for hydroxylation is 3. The lowest BCUT2D eigenvalue weighted by atomic mass is 9.84. The summed E-state index contributed by atoms with van der Waals surface area (Å²) in [5.74, 6) is 0.825. The van der Waals surface area contributed by atoms with Gasteiger partial charge >= 0.3 is 0 Å². The van der Waals surface area contributed by atoms with Gasteiger partial charge in [-0.25, -0.2) is 4.99 Å². The van der Waals surface area contributed by atoms with E-state index in [0.717, 1.165) is 38.5 Å². The van der Waals surface area contributed by atoms with Gasteiger partial charge in [-0.3, -0.25) is 0 Å². The normalized spacial score (nSPS) is 20.8. The first-order valence-corrected chi connectivity index (χ1v) is 9.27. The van der Waals surface area contributed by atoms with E-state index in [1.165, 1.54) is 22.3 Å². The fourth-order valence-electron chi connectivity index (χ4n) is 3.54. The Hall–Kier alpha value is -1.59. The standard InChI is InChI=1S/C20H33N3O2/c1-5-21-19(23-13-20(6-8-24)7-9-25-14-20)22-12-18-16(3)10-15(2)11-17(18)4/h10-11,24H,5-9,12-14H2,1-4H3,(H2,21,22,23). The molecule has 0 amide bonds. The number of ether oxygens (including phenoxy) is 1. The van der Waals surface area contributed by atoms with Crippen molar-refractivity contribution in [2.45, 2.75) is 47.1 Å². The molecule has 1 aromatic carbocycles. The summed E-state index contributed by atoms with van der Waals surface area (Å²) < 4.78 is 5.57. The maximum Gasteiger partial charge on any atom is 0.191 e. The van der Waals surface area contributed by atoms with Crippen molar-refractivity contribution in [2.75, 3.05) is 32.9 Å². The fourth-order valence-corrected chi connectivity index (χ4v) is 3.54. The molecule has 0 spiro atoms. The number of nitrogens with zero attached hydrogens (tertiary/aromatic N) is 1. The van der Waals surface area contributed by atoms with Crippen LogP contribution in [0.3, 0.4) is 0 Å². The Morgan fingerprint density at radius 3 is 2.52 bits per heavy atom. The third-order valence-corrected chi connectivity index (χ3v) is 5.04. The number of hydrogen-bond acceptors (Lipinski definition) is 3. The minimum Gasteiger partial charge on any atom is -0.396 e. The van der Waals surface area contributed by atoms with Crippen LogP contribution in [0.25, 0.3) is 0 Å². The van der Waals surface area contributed by atoms with Crippen molar-refractivity contribution in [3.8, 4) is 0 Å². The van der Waals surface area contributed by atoms with Crippen molar-refractivity contribution in [3.05, 3.63) is 34.4 Å². The van der Waals surface area contributed by atoms with E-state index in [1.807, 2.05) is 0 Å². The smallest absolute Gasteiger partial charge is 0.191 e. The zero-order valence-corrected chi connectivity index (χ0v) is 16.1. The minimum atomic E-state index is 0.0145. The number of aliphatic hydroxyl groups excluding tert-OH is 1. The fraction of sp³-hybridized carbons (Fsp3) is 0.650. The molecule has 1 aliphatic heterocycles. The van der Waals surface area contributed by atoms with Gasteiger partial charge in [-0.2, -0.15) is 0 Å². The molecule has 3 N–H and O–H groups in total. The Kier molecular flexibility index (Phi) is 7.26. The number of nitrogens with one attached hydrogen (secondary N) is 2. The minimum absolute atomic E-state index is 0.0145. The van der Waals surface area contributed by atoms with Crippen LogP contribution in [0.2, 0.25) is 0 Å². The van der Waals surface area contributed by atoms with E-state index < -0.39 is 0 Å². The van der Waals surface area contributed by atoms with Crippen molar-refractivity contribution >= 4 is 5.96 Å². The Balaban J connectivity index is 2.06. The quantitative estimate of drug-likeness (QED) is 0.524. The van der Waals surface area contributed by atoms with Gasteiger partial charge in [-0.15, -0.1) is 0 Å². The summed E-state index contributed by atoms with van der Waals surface area (Å²) in [5.41, 5.74) is 5.17. The first kappa shape index (κ1) is 19.7. The number of rotatable bonds is 7. The van der Waals surface area contributed by atoms with Gasteiger partial charge in [0.1, 0.15) is 0 Å². The van der Waals surface area contributed by atoms with Crippen LogP contribution < -0.4 is 10.6 Å². The van der Waals surface area contributed by atoms with Crippen molar-refractivity contribution in [2.24, 2.45) is 10.4 Å². The number of hydrogen-bond donors (Lipinski definition) is 3. The maximum absolute atomic E-state index is 9.37. The van der Waals surface area contributed by atoms with Gasteiger partial charge in [0, 0.05) is 31.7 Å². The van der Waals surface area contributed by atoms with Gasteiger partial charge in [0.2, 0.25) is 0 Å². The lowest BCUT2D eigenvalue weighted by Gasteiger charge is -2.27. The second kappa shape index (κ2) is 9.20. The average Bonchev–Trinajstić information content (AvgIpc) is 3.00. The summed E-state index contributed by atoms with van der Waals surface area (Å²) in [7, 11) is 0. The predicted molar refractivity (Wildman–Crippen MR) is 103 cm³/mol. The van der Waals surface area contributed by atoms with E-state index in [2.05, 4.69) is 50.5 Å². The Morgan fingerprint density at radius 2 is 1.96 bits per heavy atom. The number of aliphatic hydroxyl groups is 1. The van der Waals surface area contributed by atoms with Gasteiger partial charge in [-0.05, 0) is 57.2 Å². The lowest BCUT2D eigenvalue weighted by molar-refractivity contribution is 0.127. The molecular weight excluding hydrogens is 314 g/mol. The zero-order valence-electron chi connectivity index (χ0n) is 16.1. The highest BCUT2D eigenvalue weighted by Crippen LogP contribution is 2.31. The number of aliphatic imine (C=N–C) groups is 1. The first-order valence-electron chi connectivity index (χ1n) is 9.27. The molecule has 2 rings (SSSR count). The maximum atomic E-state index is 9.37. The molecule has 1 fully saturated rings. The van der Waals surface area contributed by atoms with E-state index in [0.29, 0.717) is 13.2 Å². The van der Waals surface area contributed by atoms with Gasteiger partial charge in [0.15, 0.2) is 5.96 Å². The number of guanidine groups is 1. The molecule has 140 valence electrons. The first-order chi connectivity index (χ1) is 12.0. The summed E-state index contributed by atoms with van der Waals surface area (Å²) >= 11 is 0. The van der Waals surface area contributed by atoms with Crippen LogP contribution >= 0.6 is 0 Å². The van der Waals surface area contributed by atoms with Crippen LogP contribution in [0.4, 0.5) is 0 Å². The van der Waals surface area contributed by atoms with Crippen LogP contribution in [0, 0.1) is 26.2 Å². The second-order valence-corrected chi connectivity index (χ2v) is 7.20. The van der Waals surface area contributed by atoms with Gasteiger partial charge in [0.25, 0.3) is 0 Å². The Labute approximate surface area is 151 Å². The molecule has 0 aliphatic carbocycles. The molecule has 1 unspecified atom stereocenters. The molecule has 1 aliphatic rings. The second-order valence-electron chi connectivity index (χ2n) is 7.20. The van der Waals surface area contributed by atoms with Crippen molar-refractivity contribution < 1.29 is 9.84 Å². The predicted octanol–water partition coefficient (Wildman–Crippen LogP) is 2.46. The van der Waals surface area contributed by atoms with Crippen LogP contribution in [-0.4, -0.2) is 44.0 Å². The topological polar surface area (TPSA) is 65.9 Å². The van der Waals surface area contributed by atoms with E-state index in [9.17, 15) is 5.11 Å². The summed E-state index contributed by atoms with van der Waals surface area (Å²) in [6.07, 6.45) is 1.74. The molecule has 25 heavy (non-hydrogen) atoms. The lowest BCUT2D eigenvalue weighted by Crippen LogP contribution is -2.44. The molecule has 1 atom stereocenters. The molecule has 0 saturated carbocycles. The third kappa shape index (κ3) is 5.44. The van der Waals surface area contributed by atoms with Crippen LogP contribution in [0.15, 0.2) is 17.1 Å². The summed E-state index contributed by atoms with van der Waals surface area (Å²) in [5, 5.41) is 16.1. The Morgan fingerprint density at radius 1 is 1.24 bits per heavy atom. The molecule has 1 aromatic rings. The highest BCUT2D eigenvalue weighted by Gasteiger charge is 2.34. The molecular formula is C20H33N3O2. The molecule has 1 heterocycles. The molecule has 5 heteroatoms. The van der Waals surface area contributed by atoms with Gasteiger partial charge in [-0.1, -0.05) is 17.7 Å². The molecule has 0 bridgehead atoms. The molecule has 1 saturated heterocycles. The van der Waals surface area contributed by atoms with Crippen LogP contribution in [0.5, 0.6) is 0 Å². The number of benzene rings is 1. The monoisotopic (exact) mass is 347 g/mol. The highest BCUT2D eigenvalue weighted by molar-refractivity contribution is 5.79. The Bertz CT molecular complexity index is 570. The SMILES string of the molecule is CCNC(=NCc1c(C)cc(C)cc1C)NCC1(CCO)CCOC1.